The van der Waals surface area contributed by atoms with Crippen LogP contribution in [-0.4, -0.2) is 82.8 Å². The summed E-state index contributed by atoms with van der Waals surface area (Å²) in [6.07, 6.45) is 11.5. The molecule has 30 heavy (non-hydrogen) atoms. The molecule has 6 nitrogen and oxygen atoms in total. The van der Waals surface area contributed by atoms with Crippen LogP contribution in [0.25, 0.3) is 0 Å². The number of rotatable bonds is 3. The molecule has 0 amide bonds. The first-order valence-electron chi connectivity index (χ1n) is 12.9. The highest BCUT2D eigenvalue weighted by molar-refractivity contribution is 5.11. The molecule has 1 heterocycles. The largest absolute Gasteiger partial charge is 0.393 e. The fourth-order valence-electron chi connectivity index (χ4n) is 7.38. The van der Waals surface area contributed by atoms with E-state index in [4.69, 9.17) is 0 Å². The Bertz CT molecular complexity index is 512. The normalized spacial score (nSPS) is 45.3. The van der Waals surface area contributed by atoms with Crippen molar-refractivity contribution in [3.63, 3.8) is 0 Å². The fourth-order valence-corrected chi connectivity index (χ4v) is 7.38. The molecule has 6 unspecified atom stereocenters. The van der Waals surface area contributed by atoms with Crippen LogP contribution in [0.5, 0.6) is 0 Å². The van der Waals surface area contributed by atoms with E-state index in [1.807, 2.05) is 0 Å². The van der Waals surface area contributed by atoms with E-state index in [-0.39, 0.29) is 41.7 Å². The van der Waals surface area contributed by atoms with Crippen molar-refractivity contribution in [1.82, 2.24) is 15.5 Å². The van der Waals surface area contributed by atoms with Gasteiger partial charge in [-0.2, -0.15) is 0 Å². The molecule has 174 valence electrons. The number of nitrogens with zero attached hydrogens (tertiary/aromatic N) is 1. The van der Waals surface area contributed by atoms with E-state index in [1.165, 1.54) is 0 Å². The SMILES string of the molecule is OC1CCCCC1N1CCNCCNCC1(C1CCCCC1O)C1CCCCC1O. The summed E-state index contributed by atoms with van der Waals surface area (Å²) in [4.78, 5) is 2.61. The molecule has 0 spiro atoms. The molecule has 3 aliphatic carbocycles. The fraction of sp³-hybridized carbons (Fsp3) is 1.00. The van der Waals surface area contributed by atoms with Gasteiger partial charge in [0.25, 0.3) is 0 Å². The summed E-state index contributed by atoms with van der Waals surface area (Å²) in [7, 11) is 0. The Morgan fingerprint density at radius 2 is 1.13 bits per heavy atom. The predicted octanol–water partition coefficient (Wildman–Crippen LogP) is 1.63. The number of aliphatic hydroxyl groups is 3. The van der Waals surface area contributed by atoms with Crippen LogP contribution < -0.4 is 10.6 Å². The molecular formula is C24H45N3O3. The second-order valence-electron chi connectivity index (χ2n) is 10.4. The summed E-state index contributed by atoms with van der Waals surface area (Å²) in [6, 6.07) is 0.128. The van der Waals surface area contributed by atoms with Crippen molar-refractivity contribution in [3.05, 3.63) is 0 Å². The summed E-state index contributed by atoms with van der Waals surface area (Å²) in [5, 5.41) is 41.0. The van der Waals surface area contributed by atoms with Gasteiger partial charge >= 0.3 is 0 Å². The topological polar surface area (TPSA) is 88.0 Å². The van der Waals surface area contributed by atoms with Gasteiger partial charge < -0.3 is 26.0 Å². The number of aliphatic hydroxyl groups excluding tert-OH is 3. The van der Waals surface area contributed by atoms with Gasteiger partial charge in [0.1, 0.15) is 0 Å². The average Bonchev–Trinajstić information content (AvgIpc) is 2.86. The van der Waals surface area contributed by atoms with Gasteiger partial charge in [0, 0.05) is 56.1 Å². The van der Waals surface area contributed by atoms with Gasteiger partial charge in [0.05, 0.1) is 18.3 Å². The van der Waals surface area contributed by atoms with Gasteiger partial charge in [0.15, 0.2) is 0 Å². The lowest BCUT2D eigenvalue weighted by atomic mass is 9.60. The van der Waals surface area contributed by atoms with Crippen LogP contribution >= 0.6 is 0 Å². The van der Waals surface area contributed by atoms with Crippen molar-refractivity contribution in [3.8, 4) is 0 Å². The minimum Gasteiger partial charge on any atom is -0.393 e. The summed E-state index contributed by atoms with van der Waals surface area (Å²) in [5.74, 6) is 0.312. The molecule has 0 aromatic heterocycles. The monoisotopic (exact) mass is 423 g/mol. The Kier molecular flexibility index (Phi) is 8.09. The first-order chi connectivity index (χ1) is 14.6. The van der Waals surface area contributed by atoms with Gasteiger partial charge in [-0.25, -0.2) is 0 Å². The Morgan fingerprint density at radius 3 is 1.73 bits per heavy atom. The summed E-state index contributed by atoms with van der Waals surface area (Å²) in [6.45, 7) is 4.45. The molecule has 4 rings (SSSR count). The average molecular weight is 424 g/mol. The van der Waals surface area contributed by atoms with E-state index in [0.717, 1.165) is 110 Å². The van der Waals surface area contributed by atoms with Gasteiger partial charge in [0.2, 0.25) is 0 Å². The summed E-state index contributed by atoms with van der Waals surface area (Å²) >= 11 is 0. The van der Waals surface area contributed by atoms with Crippen LogP contribution in [0.1, 0.15) is 77.0 Å². The molecule has 6 atom stereocenters. The molecule has 3 saturated carbocycles. The smallest absolute Gasteiger partial charge is 0.0695 e. The Balaban J connectivity index is 1.79. The third-order valence-electron chi connectivity index (χ3n) is 8.79. The molecule has 0 aromatic rings. The summed E-state index contributed by atoms with van der Waals surface area (Å²) < 4.78 is 0. The zero-order valence-electron chi connectivity index (χ0n) is 18.8. The lowest BCUT2D eigenvalue weighted by molar-refractivity contribution is -0.151. The maximum Gasteiger partial charge on any atom is 0.0695 e. The Morgan fingerprint density at radius 1 is 0.600 bits per heavy atom. The molecule has 5 N–H and O–H groups in total. The Hall–Kier alpha value is -0.240. The maximum atomic E-state index is 11.3. The minimum atomic E-state index is -0.313. The highest BCUT2D eigenvalue weighted by atomic mass is 16.3. The van der Waals surface area contributed by atoms with E-state index < -0.39 is 0 Å². The molecule has 0 bridgehead atoms. The molecule has 1 aliphatic heterocycles. The van der Waals surface area contributed by atoms with Gasteiger partial charge in [-0.1, -0.05) is 38.5 Å². The zero-order valence-corrected chi connectivity index (χ0v) is 18.8. The van der Waals surface area contributed by atoms with E-state index in [1.54, 1.807) is 0 Å². The van der Waals surface area contributed by atoms with Crippen LogP contribution in [0.15, 0.2) is 0 Å². The van der Waals surface area contributed by atoms with E-state index in [2.05, 4.69) is 15.5 Å². The molecule has 1 saturated heterocycles. The molecular weight excluding hydrogens is 378 g/mol. The summed E-state index contributed by atoms with van der Waals surface area (Å²) in [5.41, 5.74) is -0.297. The van der Waals surface area contributed by atoms with Gasteiger partial charge in [-0.3, -0.25) is 4.90 Å². The first kappa shape index (κ1) is 22.9. The third-order valence-corrected chi connectivity index (χ3v) is 8.79. The van der Waals surface area contributed by atoms with Gasteiger partial charge in [-0.05, 0) is 38.5 Å². The lowest BCUT2D eigenvalue weighted by Crippen LogP contribution is -2.72. The van der Waals surface area contributed by atoms with Crippen LogP contribution in [0, 0.1) is 11.8 Å². The third kappa shape index (κ3) is 4.60. The van der Waals surface area contributed by atoms with Gasteiger partial charge in [-0.15, -0.1) is 0 Å². The lowest BCUT2D eigenvalue weighted by Gasteiger charge is -2.60. The molecule has 6 heteroatoms. The van der Waals surface area contributed by atoms with Crippen molar-refractivity contribution in [2.45, 2.75) is 107 Å². The second-order valence-corrected chi connectivity index (χ2v) is 10.4. The number of nitrogens with one attached hydrogen (secondary N) is 2. The minimum absolute atomic E-state index is 0.128. The van der Waals surface area contributed by atoms with Crippen molar-refractivity contribution in [2.75, 3.05) is 32.7 Å². The molecule has 4 fully saturated rings. The Labute approximate surface area is 182 Å². The maximum absolute atomic E-state index is 11.3. The highest BCUT2D eigenvalue weighted by Gasteiger charge is 2.56. The van der Waals surface area contributed by atoms with E-state index in [0.29, 0.717) is 0 Å². The van der Waals surface area contributed by atoms with Crippen molar-refractivity contribution < 1.29 is 15.3 Å². The van der Waals surface area contributed by atoms with Crippen molar-refractivity contribution in [2.24, 2.45) is 11.8 Å². The quantitative estimate of drug-likeness (QED) is 0.474. The van der Waals surface area contributed by atoms with Crippen LogP contribution in [0.3, 0.4) is 0 Å². The first-order valence-corrected chi connectivity index (χ1v) is 12.9. The molecule has 0 aromatic carbocycles. The predicted molar refractivity (Wildman–Crippen MR) is 119 cm³/mol. The van der Waals surface area contributed by atoms with Crippen LogP contribution in [0.4, 0.5) is 0 Å². The molecule has 0 radical (unpaired) electrons. The zero-order chi connectivity index (χ0) is 21.0. The van der Waals surface area contributed by atoms with Crippen LogP contribution in [0.2, 0.25) is 0 Å². The standard InChI is InChI=1S/C24H45N3O3/c28-21-10-4-1-7-18(21)24(19-8-2-5-11-22(19)29)17-26-14-13-25-15-16-27(24)20-9-3-6-12-23(20)30/h18-23,25-26,28-30H,1-17H2. The van der Waals surface area contributed by atoms with Crippen molar-refractivity contribution in [1.29, 1.82) is 0 Å². The van der Waals surface area contributed by atoms with Crippen molar-refractivity contribution >= 4 is 0 Å². The van der Waals surface area contributed by atoms with E-state index >= 15 is 0 Å². The van der Waals surface area contributed by atoms with E-state index in [9.17, 15) is 15.3 Å². The number of hydrogen-bond acceptors (Lipinski definition) is 6. The molecule has 4 aliphatic rings. The second kappa shape index (κ2) is 10.6. The van der Waals surface area contributed by atoms with Crippen LogP contribution in [-0.2, 0) is 0 Å². The number of hydrogen-bond donors (Lipinski definition) is 5. The highest BCUT2D eigenvalue weighted by Crippen LogP contribution is 2.48.